The maximum absolute atomic E-state index is 13.4. The lowest BCUT2D eigenvalue weighted by atomic mass is 10.0. The molecule has 0 radical (unpaired) electrons. The number of alkyl halides is 3. The van der Waals surface area contributed by atoms with E-state index in [0.717, 1.165) is 48.3 Å². The molecule has 202 valence electrons. The molecule has 3 aliphatic heterocycles. The number of likely N-dealkylation sites (tertiary alicyclic amines) is 1. The predicted molar refractivity (Wildman–Crippen MR) is 132 cm³/mol. The standard InChI is InChI=1S/C26H33F3N4O3S/c27-26(28,29)20-6-5-7-23(16-20)37(35,36)33-13-2-1-8-24(33)25(34)19-31-14-15-32-21(9-10-22(32)18-31)17-30-11-3-4-12-30/h5-7,9-10,16,24H,1-4,8,11-15,17-19H2. The average Bonchev–Trinajstić information content (AvgIpc) is 3.54. The third-order valence-corrected chi connectivity index (χ3v) is 9.65. The highest BCUT2D eigenvalue weighted by atomic mass is 32.2. The van der Waals surface area contributed by atoms with Gasteiger partial charge in [-0.2, -0.15) is 17.5 Å². The maximum atomic E-state index is 13.4. The Labute approximate surface area is 215 Å². The van der Waals surface area contributed by atoms with E-state index in [1.54, 1.807) is 0 Å². The van der Waals surface area contributed by atoms with Crippen molar-refractivity contribution in [1.82, 2.24) is 18.7 Å². The molecule has 0 aliphatic carbocycles. The molecule has 0 spiro atoms. The molecule has 1 unspecified atom stereocenters. The Morgan fingerprint density at radius 3 is 2.43 bits per heavy atom. The van der Waals surface area contributed by atoms with Crippen LogP contribution in [0.25, 0.3) is 0 Å². The van der Waals surface area contributed by atoms with Gasteiger partial charge in [-0.15, -0.1) is 0 Å². The number of rotatable bonds is 7. The van der Waals surface area contributed by atoms with Gasteiger partial charge in [0.05, 0.1) is 23.0 Å². The number of sulfonamides is 1. The van der Waals surface area contributed by atoms with Crippen molar-refractivity contribution in [2.75, 3.05) is 32.7 Å². The first-order chi connectivity index (χ1) is 17.6. The average molecular weight is 539 g/mol. The Bertz CT molecular complexity index is 1240. The summed E-state index contributed by atoms with van der Waals surface area (Å²) >= 11 is 0. The van der Waals surface area contributed by atoms with Gasteiger partial charge in [-0.25, -0.2) is 8.42 Å². The number of carbonyl (C=O) groups is 1. The van der Waals surface area contributed by atoms with E-state index in [0.29, 0.717) is 38.4 Å². The van der Waals surface area contributed by atoms with Gasteiger partial charge >= 0.3 is 6.18 Å². The van der Waals surface area contributed by atoms with E-state index in [4.69, 9.17) is 0 Å². The molecule has 1 atom stereocenters. The second-order valence-corrected chi connectivity index (χ2v) is 12.2. The maximum Gasteiger partial charge on any atom is 0.416 e. The molecular formula is C26H33F3N4O3S. The number of Topliss-reactive ketones (excluding diaryl/α,β-unsaturated/α-hetero) is 1. The van der Waals surface area contributed by atoms with Crippen LogP contribution in [-0.2, 0) is 40.6 Å². The second kappa shape index (κ2) is 10.5. The highest BCUT2D eigenvalue weighted by Crippen LogP contribution is 2.33. The van der Waals surface area contributed by atoms with Gasteiger partial charge in [0.15, 0.2) is 5.78 Å². The Kier molecular flexibility index (Phi) is 7.50. The van der Waals surface area contributed by atoms with E-state index >= 15 is 0 Å². The minimum absolute atomic E-state index is 0.117. The molecule has 2 saturated heterocycles. The van der Waals surface area contributed by atoms with E-state index in [1.165, 1.54) is 24.6 Å². The lowest BCUT2D eigenvalue weighted by Gasteiger charge is -2.36. The lowest BCUT2D eigenvalue weighted by Crippen LogP contribution is -2.51. The number of nitrogens with zero attached hydrogens (tertiary/aromatic N) is 4. The Morgan fingerprint density at radius 2 is 1.68 bits per heavy atom. The SMILES string of the molecule is O=C(CN1CCn2c(CN3CCCC3)ccc2C1)C1CCCCN1S(=O)(=O)c1cccc(C(F)(F)F)c1. The smallest absolute Gasteiger partial charge is 0.345 e. The fraction of sp³-hybridized carbons (Fsp3) is 0.577. The van der Waals surface area contributed by atoms with E-state index in [-0.39, 0.29) is 18.9 Å². The van der Waals surface area contributed by atoms with Crippen molar-refractivity contribution < 1.29 is 26.4 Å². The minimum Gasteiger partial charge on any atom is -0.345 e. The number of hydrogen-bond acceptors (Lipinski definition) is 5. The quantitative estimate of drug-likeness (QED) is 0.538. The first-order valence-electron chi connectivity index (χ1n) is 13.0. The van der Waals surface area contributed by atoms with Crippen LogP contribution < -0.4 is 0 Å². The van der Waals surface area contributed by atoms with Gasteiger partial charge < -0.3 is 4.57 Å². The monoisotopic (exact) mass is 538 g/mol. The van der Waals surface area contributed by atoms with Crippen LogP contribution in [-0.4, -0.2) is 71.6 Å². The lowest BCUT2D eigenvalue weighted by molar-refractivity contribution is -0.137. The normalized spacial score (nSPS) is 22.3. The third kappa shape index (κ3) is 5.64. The van der Waals surface area contributed by atoms with Gasteiger partial charge in [0.1, 0.15) is 0 Å². The van der Waals surface area contributed by atoms with Gasteiger partial charge in [0, 0.05) is 44.1 Å². The second-order valence-electron chi connectivity index (χ2n) is 10.3. The van der Waals surface area contributed by atoms with Crippen LogP contribution in [0.5, 0.6) is 0 Å². The van der Waals surface area contributed by atoms with Crippen molar-refractivity contribution in [2.24, 2.45) is 0 Å². The molecule has 37 heavy (non-hydrogen) atoms. The molecule has 0 bridgehead atoms. The van der Waals surface area contributed by atoms with E-state index in [9.17, 15) is 26.4 Å². The summed E-state index contributed by atoms with van der Waals surface area (Å²) in [6.45, 7) is 5.50. The number of fused-ring (bicyclic) bond motifs is 1. The summed E-state index contributed by atoms with van der Waals surface area (Å²) in [6, 6.07) is 7.16. The Balaban J connectivity index is 1.27. The first-order valence-corrected chi connectivity index (χ1v) is 14.4. The Hall–Kier alpha value is -2.21. The summed E-state index contributed by atoms with van der Waals surface area (Å²) in [7, 11) is -4.25. The molecule has 7 nitrogen and oxygen atoms in total. The summed E-state index contributed by atoms with van der Waals surface area (Å²) < 4.78 is 69.8. The van der Waals surface area contributed by atoms with Crippen LogP contribution in [0, 0.1) is 0 Å². The van der Waals surface area contributed by atoms with Crippen LogP contribution in [0.2, 0.25) is 0 Å². The summed E-state index contributed by atoms with van der Waals surface area (Å²) in [4.78, 5) is 17.5. The number of aromatic nitrogens is 1. The van der Waals surface area contributed by atoms with Crippen LogP contribution in [0.3, 0.4) is 0 Å². The molecule has 4 heterocycles. The predicted octanol–water partition coefficient (Wildman–Crippen LogP) is 3.73. The third-order valence-electron chi connectivity index (χ3n) is 7.74. The van der Waals surface area contributed by atoms with Crippen LogP contribution in [0.15, 0.2) is 41.3 Å². The minimum atomic E-state index is -4.65. The van der Waals surface area contributed by atoms with Gasteiger partial charge in [0.25, 0.3) is 0 Å². The Morgan fingerprint density at radius 1 is 0.919 bits per heavy atom. The van der Waals surface area contributed by atoms with Gasteiger partial charge in [0.2, 0.25) is 10.0 Å². The number of hydrogen-bond donors (Lipinski definition) is 0. The molecular weight excluding hydrogens is 505 g/mol. The van der Waals surface area contributed by atoms with E-state index in [2.05, 4.69) is 21.6 Å². The van der Waals surface area contributed by atoms with Crippen molar-refractivity contribution in [2.45, 2.75) is 68.9 Å². The molecule has 0 saturated carbocycles. The summed E-state index contributed by atoms with van der Waals surface area (Å²) in [5.41, 5.74) is 1.41. The van der Waals surface area contributed by atoms with Crippen LogP contribution >= 0.6 is 0 Å². The van der Waals surface area contributed by atoms with Crippen molar-refractivity contribution >= 4 is 15.8 Å². The number of benzene rings is 1. The summed E-state index contributed by atoms with van der Waals surface area (Å²) in [5.74, 6) is -0.201. The molecule has 0 N–H and O–H groups in total. The fourth-order valence-electron chi connectivity index (χ4n) is 5.78. The highest BCUT2D eigenvalue weighted by molar-refractivity contribution is 7.89. The fourth-order valence-corrected chi connectivity index (χ4v) is 7.51. The van der Waals surface area contributed by atoms with Gasteiger partial charge in [-0.05, 0) is 69.1 Å². The van der Waals surface area contributed by atoms with E-state index in [1.807, 2.05) is 4.90 Å². The van der Waals surface area contributed by atoms with Crippen LogP contribution in [0.4, 0.5) is 13.2 Å². The molecule has 1 aromatic carbocycles. The summed E-state index contributed by atoms with van der Waals surface area (Å²) in [5, 5.41) is 0. The molecule has 2 aromatic rings. The largest absolute Gasteiger partial charge is 0.416 e. The highest BCUT2D eigenvalue weighted by Gasteiger charge is 2.39. The molecule has 5 rings (SSSR count). The van der Waals surface area contributed by atoms with Crippen molar-refractivity contribution in [1.29, 1.82) is 0 Å². The van der Waals surface area contributed by atoms with Crippen molar-refractivity contribution in [3.05, 3.63) is 53.3 Å². The topological polar surface area (TPSA) is 65.9 Å². The molecule has 2 fully saturated rings. The molecule has 3 aliphatic rings. The zero-order valence-electron chi connectivity index (χ0n) is 20.8. The summed E-state index contributed by atoms with van der Waals surface area (Å²) in [6.07, 6.45) is -0.521. The molecule has 1 aromatic heterocycles. The number of ketones is 1. The van der Waals surface area contributed by atoms with Crippen molar-refractivity contribution in [3.63, 3.8) is 0 Å². The zero-order valence-corrected chi connectivity index (χ0v) is 21.6. The van der Waals surface area contributed by atoms with Gasteiger partial charge in [-0.3, -0.25) is 14.6 Å². The number of halogens is 3. The zero-order chi connectivity index (χ0) is 26.2. The number of piperidine rings is 1. The van der Waals surface area contributed by atoms with Gasteiger partial charge in [-0.1, -0.05) is 12.5 Å². The van der Waals surface area contributed by atoms with Crippen molar-refractivity contribution in [3.8, 4) is 0 Å². The molecule has 11 heteroatoms. The van der Waals surface area contributed by atoms with Crippen LogP contribution in [0.1, 0.15) is 49.1 Å². The van der Waals surface area contributed by atoms with E-state index < -0.39 is 32.7 Å². The first kappa shape index (κ1) is 26.4. The number of carbonyl (C=O) groups excluding carboxylic acids is 1. The molecule has 0 amide bonds.